The van der Waals surface area contributed by atoms with Gasteiger partial charge in [-0.05, 0) is 37.2 Å². The van der Waals surface area contributed by atoms with Crippen LogP contribution in [0, 0.1) is 6.92 Å². The smallest absolute Gasteiger partial charge is 0.161 e. The largest absolute Gasteiger partial charge is 0.486 e. The van der Waals surface area contributed by atoms with Crippen molar-refractivity contribution >= 4 is 0 Å². The Kier molecular flexibility index (Phi) is 4.63. The van der Waals surface area contributed by atoms with Crippen LogP contribution in [0.4, 0.5) is 0 Å². The van der Waals surface area contributed by atoms with Crippen LogP contribution in [0.2, 0.25) is 0 Å². The van der Waals surface area contributed by atoms with Gasteiger partial charge < -0.3 is 25.8 Å². The number of fused-ring (bicyclic) bond motifs is 1. The summed E-state index contributed by atoms with van der Waals surface area (Å²) in [7, 11) is 2.05. The molecule has 0 aliphatic carbocycles. The normalized spacial score (nSPS) is 15.6. The Labute approximate surface area is 114 Å². The first-order chi connectivity index (χ1) is 9.10. The molecule has 0 fully saturated rings. The van der Waals surface area contributed by atoms with Gasteiger partial charge >= 0.3 is 0 Å². The summed E-state index contributed by atoms with van der Waals surface area (Å²) in [5.74, 6) is 1.68. The van der Waals surface area contributed by atoms with Gasteiger partial charge in [-0.2, -0.15) is 0 Å². The molecule has 1 aromatic carbocycles. The molecule has 4 N–H and O–H groups in total. The number of aryl methyl sites for hydroxylation is 1. The van der Waals surface area contributed by atoms with E-state index < -0.39 is 0 Å². The second-order valence-electron chi connectivity index (χ2n) is 5.11. The maximum atomic E-state index is 5.87. The third-order valence-electron chi connectivity index (χ3n) is 3.29. The molecule has 0 radical (unpaired) electrons. The average molecular weight is 265 g/mol. The van der Waals surface area contributed by atoms with E-state index in [0.29, 0.717) is 19.8 Å². The highest BCUT2D eigenvalue weighted by Gasteiger charge is 2.15. The van der Waals surface area contributed by atoms with Crippen molar-refractivity contribution in [3.63, 3.8) is 0 Å². The number of hydrogen-bond donors (Lipinski definition) is 2. The number of likely N-dealkylation sites (N-methyl/N-ethyl adjacent to an activating group) is 1. The van der Waals surface area contributed by atoms with Crippen LogP contribution >= 0.6 is 0 Å². The zero-order chi connectivity index (χ0) is 13.8. The molecule has 2 rings (SSSR count). The van der Waals surface area contributed by atoms with Crippen LogP contribution in [0.1, 0.15) is 11.1 Å². The summed E-state index contributed by atoms with van der Waals surface area (Å²) < 4.78 is 11.2. The highest BCUT2D eigenvalue weighted by atomic mass is 16.6. The number of benzene rings is 1. The zero-order valence-electron chi connectivity index (χ0n) is 11.7. The molecule has 0 aromatic heterocycles. The summed E-state index contributed by atoms with van der Waals surface area (Å²) in [6.07, 6.45) is 0. The minimum absolute atomic E-state index is 0.0162. The van der Waals surface area contributed by atoms with E-state index in [4.69, 9.17) is 20.9 Å². The van der Waals surface area contributed by atoms with Gasteiger partial charge in [0.15, 0.2) is 11.5 Å². The lowest BCUT2D eigenvalue weighted by Gasteiger charge is -2.24. The molecule has 0 bridgehead atoms. The molecule has 19 heavy (non-hydrogen) atoms. The van der Waals surface area contributed by atoms with Gasteiger partial charge in [0.2, 0.25) is 0 Å². The molecule has 106 valence electrons. The van der Waals surface area contributed by atoms with Crippen molar-refractivity contribution in [1.29, 1.82) is 0 Å². The van der Waals surface area contributed by atoms with Gasteiger partial charge in [-0.1, -0.05) is 0 Å². The molecule has 0 saturated heterocycles. The molecular weight excluding hydrogens is 242 g/mol. The maximum Gasteiger partial charge on any atom is 0.161 e. The molecule has 1 unspecified atom stereocenters. The van der Waals surface area contributed by atoms with Gasteiger partial charge in [0.25, 0.3) is 0 Å². The molecule has 1 atom stereocenters. The Morgan fingerprint density at radius 2 is 1.89 bits per heavy atom. The van der Waals surface area contributed by atoms with E-state index >= 15 is 0 Å². The second-order valence-corrected chi connectivity index (χ2v) is 5.11. The predicted molar refractivity (Wildman–Crippen MR) is 75.5 cm³/mol. The first kappa shape index (κ1) is 14.1. The average Bonchev–Trinajstić information content (AvgIpc) is 2.39. The topological polar surface area (TPSA) is 73.7 Å². The third-order valence-corrected chi connectivity index (χ3v) is 3.29. The monoisotopic (exact) mass is 265 g/mol. The molecule has 1 aliphatic heterocycles. The van der Waals surface area contributed by atoms with Gasteiger partial charge in [0.05, 0.1) is 0 Å². The maximum absolute atomic E-state index is 5.87. The Morgan fingerprint density at radius 3 is 2.53 bits per heavy atom. The molecule has 1 heterocycles. The standard InChI is InChI=1S/C14H23N3O2/c1-10-5-13-14(19-4-3-18-13)6-11(10)8-17(2)9-12(16)7-15/h5-6,12H,3-4,7-9,15-16H2,1-2H3. The summed E-state index contributed by atoms with van der Waals surface area (Å²) in [6.45, 7) is 5.44. The highest BCUT2D eigenvalue weighted by Crippen LogP contribution is 2.33. The summed E-state index contributed by atoms with van der Waals surface area (Å²) in [5, 5.41) is 0. The van der Waals surface area contributed by atoms with Gasteiger partial charge in [0, 0.05) is 25.7 Å². The van der Waals surface area contributed by atoms with Crippen LogP contribution in [0.15, 0.2) is 12.1 Å². The lowest BCUT2D eigenvalue weighted by molar-refractivity contribution is 0.171. The van der Waals surface area contributed by atoms with E-state index in [1.165, 1.54) is 11.1 Å². The van der Waals surface area contributed by atoms with Crippen LogP contribution in [0.25, 0.3) is 0 Å². The van der Waals surface area contributed by atoms with Gasteiger partial charge in [-0.15, -0.1) is 0 Å². The molecule has 0 amide bonds. The minimum Gasteiger partial charge on any atom is -0.486 e. The van der Waals surface area contributed by atoms with Crippen molar-refractivity contribution in [3.05, 3.63) is 23.3 Å². The van der Waals surface area contributed by atoms with Crippen LogP contribution < -0.4 is 20.9 Å². The molecule has 1 aliphatic rings. The molecule has 0 saturated carbocycles. The zero-order valence-corrected chi connectivity index (χ0v) is 11.7. The van der Waals surface area contributed by atoms with Crippen molar-refractivity contribution in [3.8, 4) is 11.5 Å². The van der Waals surface area contributed by atoms with Crippen molar-refractivity contribution in [2.45, 2.75) is 19.5 Å². The fourth-order valence-electron chi connectivity index (χ4n) is 2.23. The van der Waals surface area contributed by atoms with Crippen LogP contribution in [0.3, 0.4) is 0 Å². The summed E-state index contributed by atoms with van der Waals surface area (Å²) in [5.41, 5.74) is 13.8. The van der Waals surface area contributed by atoms with Crippen molar-refractivity contribution in [2.75, 3.05) is 33.4 Å². The third kappa shape index (κ3) is 3.59. The molecule has 5 nitrogen and oxygen atoms in total. The van der Waals surface area contributed by atoms with Crippen molar-refractivity contribution in [2.24, 2.45) is 11.5 Å². The Bertz CT molecular complexity index is 437. The lowest BCUT2D eigenvalue weighted by atomic mass is 10.1. The van der Waals surface area contributed by atoms with Crippen molar-refractivity contribution < 1.29 is 9.47 Å². The van der Waals surface area contributed by atoms with E-state index in [-0.39, 0.29) is 6.04 Å². The van der Waals surface area contributed by atoms with E-state index in [0.717, 1.165) is 24.6 Å². The van der Waals surface area contributed by atoms with Gasteiger partial charge in [-0.3, -0.25) is 0 Å². The number of nitrogens with zero attached hydrogens (tertiary/aromatic N) is 1. The molecule has 0 spiro atoms. The minimum atomic E-state index is 0.0162. The molecule has 5 heteroatoms. The Balaban J connectivity index is 2.07. The molecule has 1 aromatic rings. The van der Waals surface area contributed by atoms with Gasteiger partial charge in [0.1, 0.15) is 13.2 Å². The fourth-order valence-corrected chi connectivity index (χ4v) is 2.23. The quantitative estimate of drug-likeness (QED) is 0.810. The highest BCUT2D eigenvalue weighted by molar-refractivity contribution is 5.47. The van der Waals surface area contributed by atoms with Crippen LogP contribution in [-0.4, -0.2) is 44.3 Å². The van der Waals surface area contributed by atoms with E-state index in [1.807, 2.05) is 13.1 Å². The Morgan fingerprint density at radius 1 is 1.26 bits per heavy atom. The summed E-state index contributed by atoms with van der Waals surface area (Å²) in [4.78, 5) is 2.18. The SMILES string of the molecule is Cc1cc2c(cc1CN(C)CC(N)CN)OCCO2. The fraction of sp³-hybridized carbons (Fsp3) is 0.571. The summed E-state index contributed by atoms with van der Waals surface area (Å²) in [6, 6.07) is 4.12. The first-order valence-corrected chi connectivity index (χ1v) is 6.63. The van der Waals surface area contributed by atoms with E-state index in [1.54, 1.807) is 0 Å². The second kappa shape index (κ2) is 6.23. The van der Waals surface area contributed by atoms with Crippen LogP contribution in [-0.2, 0) is 6.54 Å². The van der Waals surface area contributed by atoms with Crippen molar-refractivity contribution in [1.82, 2.24) is 4.90 Å². The van der Waals surface area contributed by atoms with Crippen LogP contribution in [0.5, 0.6) is 11.5 Å². The van der Waals surface area contributed by atoms with E-state index in [2.05, 4.69) is 17.9 Å². The van der Waals surface area contributed by atoms with Gasteiger partial charge in [-0.25, -0.2) is 0 Å². The first-order valence-electron chi connectivity index (χ1n) is 6.63. The lowest BCUT2D eigenvalue weighted by Crippen LogP contribution is -2.40. The molecular formula is C14H23N3O2. The van der Waals surface area contributed by atoms with E-state index in [9.17, 15) is 0 Å². The number of nitrogens with two attached hydrogens (primary N) is 2. The predicted octanol–water partition coefficient (Wildman–Crippen LogP) is 0.484. The Hall–Kier alpha value is -1.30. The number of hydrogen-bond acceptors (Lipinski definition) is 5. The number of rotatable bonds is 5. The number of ether oxygens (including phenoxy) is 2. The summed E-state index contributed by atoms with van der Waals surface area (Å²) >= 11 is 0.